The topological polar surface area (TPSA) is 82.2 Å². The van der Waals surface area contributed by atoms with E-state index in [-0.39, 0.29) is 35.3 Å². The molecule has 0 aromatic heterocycles. The van der Waals surface area contributed by atoms with Crippen molar-refractivity contribution in [3.8, 4) is 0 Å². The highest BCUT2D eigenvalue weighted by molar-refractivity contribution is 5.98. The summed E-state index contributed by atoms with van der Waals surface area (Å²) in [5.41, 5.74) is -0.701. The first-order valence-corrected chi connectivity index (χ1v) is 10.0. The van der Waals surface area contributed by atoms with Crippen molar-refractivity contribution in [2.45, 2.75) is 83.2 Å². The lowest BCUT2D eigenvalue weighted by Gasteiger charge is -2.27. The molecule has 2 aliphatic heterocycles. The van der Waals surface area contributed by atoms with E-state index >= 15 is 0 Å². The first-order valence-electron chi connectivity index (χ1n) is 10.0. The number of ketones is 1. The van der Waals surface area contributed by atoms with Crippen LogP contribution in [0.1, 0.15) is 59.8 Å². The summed E-state index contributed by atoms with van der Waals surface area (Å²) < 4.78 is 16.8. The van der Waals surface area contributed by atoms with Crippen LogP contribution in [0.4, 0.5) is 0 Å². The number of esters is 2. The molecule has 0 aromatic rings. The molecule has 6 heteroatoms. The normalized spacial score (nSPS) is 42.6. The van der Waals surface area contributed by atoms with Crippen LogP contribution in [0.3, 0.4) is 0 Å². The lowest BCUT2D eigenvalue weighted by atomic mass is 9.82. The largest absolute Gasteiger partial charge is 0.455 e. The van der Waals surface area contributed by atoms with Crippen molar-refractivity contribution in [2.75, 3.05) is 0 Å². The van der Waals surface area contributed by atoms with Gasteiger partial charge >= 0.3 is 11.9 Å². The third-order valence-electron chi connectivity index (χ3n) is 6.26. The molecule has 3 aliphatic rings. The monoisotopic (exact) mass is 390 g/mol. The Morgan fingerprint density at radius 3 is 2.71 bits per heavy atom. The van der Waals surface area contributed by atoms with Crippen molar-refractivity contribution >= 4 is 17.7 Å². The summed E-state index contributed by atoms with van der Waals surface area (Å²) in [7, 11) is 0. The van der Waals surface area contributed by atoms with Gasteiger partial charge in [0.1, 0.15) is 5.60 Å². The SMILES string of the molecule is C=C1C(=O)O[C@H]2C(=O)[C@H](C)CCC[C@](C)(OC(C)=O)/C=C/C[C@@]3(C)O[C@@H]3C[C@@H]12. The van der Waals surface area contributed by atoms with Crippen LogP contribution < -0.4 is 0 Å². The van der Waals surface area contributed by atoms with Gasteiger partial charge in [-0.2, -0.15) is 0 Å². The molecule has 2 saturated heterocycles. The molecule has 0 saturated carbocycles. The summed E-state index contributed by atoms with van der Waals surface area (Å²) in [6, 6.07) is 0. The lowest BCUT2D eigenvalue weighted by molar-refractivity contribution is -0.151. The summed E-state index contributed by atoms with van der Waals surface area (Å²) in [6.07, 6.45) is 6.26. The zero-order chi connectivity index (χ0) is 20.7. The maximum absolute atomic E-state index is 13.0. The number of carbonyl (C=O) groups is 3. The number of rotatable bonds is 1. The maximum atomic E-state index is 13.0. The molecule has 0 bridgehead atoms. The van der Waals surface area contributed by atoms with Crippen molar-refractivity contribution < 1.29 is 28.6 Å². The van der Waals surface area contributed by atoms with Crippen molar-refractivity contribution in [3.05, 3.63) is 24.3 Å². The predicted octanol–water partition coefficient (Wildman–Crippen LogP) is 3.29. The first-order chi connectivity index (χ1) is 13.0. The Morgan fingerprint density at radius 2 is 2.04 bits per heavy atom. The van der Waals surface area contributed by atoms with Gasteiger partial charge in [0.2, 0.25) is 0 Å². The molecule has 2 fully saturated rings. The number of ether oxygens (including phenoxy) is 3. The molecule has 0 aromatic carbocycles. The number of hydrogen-bond donors (Lipinski definition) is 0. The van der Waals surface area contributed by atoms with Crippen molar-refractivity contribution in [1.82, 2.24) is 0 Å². The van der Waals surface area contributed by atoms with Crippen LogP contribution in [0.5, 0.6) is 0 Å². The lowest BCUT2D eigenvalue weighted by Crippen LogP contribution is -2.34. The van der Waals surface area contributed by atoms with E-state index in [4.69, 9.17) is 14.2 Å². The smallest absolute Gasteiger partial charge is 0.334 e. The maximum Gasteiger partial charge on any atom is 0.334 e. The standard InChI is InChI=1S/C22H30O6/c1-13-8-6-9-21(4,27-15(3)23)10-7-11-22(5)17(28-22)12-16-14(2)20(25)26-19(16)18(13)24/h7,10,13,16-17,19H,2,6,8-9,11-12H2,1,3-5H3/b10-7+/t13-,16+,17-,19-,21+,22-/m1/s1. The van der Waals surface area contributed by atoms with Gasteiger partial charge in [0.25, 0.3) is 0 Å². The highest BCUT2D eigenvalue weighted by atomic mass is 16.6. The van der Waals surface area contributed by atoms with E-state index in [1.807, 2.05) is 32.9 Å². The van der Waals surface area contributed by atoms with E-state index in [0.29, 0.717) is 37.7 Å². The quantitative estimate of drug-likeness (QED) is 0.296. The molecule has 0 unspecified atom stereocenters. The van der Waals surface area contributed by atoms with Gasteiger partial charge < -0.3 is 14.2 Å². The van der Waals surface area contributed by atoms with Crippen LogP contribution >= 0.6 is 0 Å². The van der Waals surface area contributed by atoms with Crippen LogP contribution in [0.25, 0.3) is 0 Å². The Kier molecular flexibility index (Phi) is 5.54. The van der Waals surface area contributed by atoms with E-state index in [9.17, 15) is 14.4 Å². The molecule has 0 radical (unpaired) electrons. The summed E-state index contributed by atoms with van der Waals surface area (Å²) in [5.74, 6) is -1.47. The molecule has 6 nitrogen and oxygen atoms in total. The molecule has 3 rings (SSSR count). The van der Waals surface area contributed by atoms with E-state index in [1.54, 1.807) is 0 Å². The number of Topliss-reactive ketones (excluding diaryl/α,β-unsaturated/α-hetero) is 1. The van der Waals surface area contributed by atoms with Gasteiger partial charge in [0.15, 0.2) is 11.9 Å². The Morgan fingerprint density at radius 1 is 1.32 bits per heavy atom. The third kappa shape index (κ3) is 4.22. The van der Waals surface area contributed by atoms with Gasteiger partial charge in [-0.1, -0.05) is 19.6 Å². The molecular formula is C22H30O6. The molecule has 2 heterocycles. The van der Waals surface area contributed by atoms with Crippen LogP contribution in [0, 0.1) is 11.8 Å². The predicted molar refractivity (Wildman–Crippen MR) is 102 cm³/mol. The fourth-order valence-corrected chi connectivity index (χ4v) is 4.35. The van der Waals surface area contributed by atoms with E-state index in [1.165, 1.54) is 6.92 Å². The molecule has 0 spiro atoms. The van der Waals surface area contributed by atoms with E-state index in [0.717, 1.165) is 0 Å². The number of carbonyl (C=O) groups excluding carboxylic acids is 3. The zero-order valence-corrected chi connectivity index (χ0v) is 17.2. The van der Waals surface area contributed by atoms with Crippen LogP contribution in [0.15, 0.2) is 24.3 Å². The van der Waals surface area contributed by atoms with Crippen molar-refractivity contribution in [2.24, 2.45) is 11.8 Å². The summed E-state index contributed by atoms with van der Waals surface area (Å²) in [4.78, 5) is 36.6. The highest BCUT2D eigenvalue weighted by Crippen LogP contribution is 2.47. The Bertz CT molecular complexity index is 725. The number of epoxide rings is 1. The summed E-state index contributed by atoms with van der Waals surface area (Å²) in [5, 5.41) is 0. The van der Waals surface area contributed by atoms with Crippen molar-refractivity contribution in [1.29, 1.82) is 0 Å². The molecule has 1 aliphatic carbocycles. The highest BCUT2D eigenvalue weighted by Gasteiger charge is 2.55. The molecule has 154 valence electrons. The molecular weight excluding hydrogens is 360 g/mol. The Balaban J connectivity index is 1.83. The fraction of sp³-hybridized carbons (Fsp3) is 0.682. The van der Waals surface area contributed by atoms with Crippen LogP contribution in [0.2, 0.25) is 0 Å². The Labute approximate surface area is 166 Å². The average molecular weight is 390 g/mol. The minimum Gasteiger partial charge on any atom is -0.455 e. The number of hydrogen-bond acceptors (Lipinski definition) is 6. The number of fused-ring (bicyclic) bond motifs is 2. The zero-order valence-electron chi connectivity index (χ0n) is 17.2. The van der Waals surface area contributed by atoms with Gasteiger partial charge in [-0.15, -0.1) is 0 Å². The molecule has 0 N–H and O–H groups in total. The van der Waals surface area contributed by atoms with Gasteiger partial charge in [-0.25, -0.2) is 4.79 Å². The minimum atomic E-state index is -0.776. The summed E-state index contributed by atoms with van der Waals surface area (Å²) in [6.45, 7) is 11.0. The second-order valence-corrected chi connectivity index (χ2v) is 8.82. The second kappa shape index (κ2) is 7.47. The van der Waals surface area contributed by atoms with E-state index < -0.39 is 17.7 Å². The van der Waals surface area contributed by atoms with Crippen LogP contribution in [-0.2, 0) is 28.6 Å². The van der Waals surface area contributed by atoms with Gasteiger partial charge in [-0.05, 0) is 52.0 Å². The molecule has 28 heavy (non-hydrogen) atoms. The average Bonchev–Trinajstić information content (AvgIpc) is 3.14. The van der Waals surface area contributed by atoms with Crippen LogP contribution in [-0.4, -0.2) is 41.1 Å². The molecule has 6 atom stereocenters. The van der Waals surface area contributed by atoms with E-state index in [2.05, 4.69) is 6.58 Å². The van der Waals surface area contributed by atoms with Gasteiger partial charge in [0, 0.05) is 24.3 Å². The minimum absolute atomic E-state index is 0.0677. The van der Waals surface area contributed by atoms with Gasteiger partial charge in [-0.3, -0.25) is 9.59 Å². The third-order valence-corrected chi connectivity index (χ3v) is 6.26. The second-order valence-electron chi connectivity index (χ2n) is 8.82. The fourth-order valence-electron chi connectivity index (χ4n) is 4.35. The first kappa shape index (κ1) is 20.8. The summed E-state index contributed by atoms with van der Waals surface area (Å²) >= 11 is 0. The Hall–Kier alpha value is -1.95. The van der Waals surface area contributed by atoms with Gasteiger partial charge in [0.05, 0.1) is 11.7 Å². The molecule has 0 amide bonds. The van der Waals surface area contributed by atoms with Crippen molar-refractivity contribution in [3.63, 3.8) is 0 Å².